The van der Waals surface area contributed by atoms with E-state index in [-0.39, 0.29) is 11.9 Å². The van der Waals surface area contributed by atoms with Crippen LogP contribution >= 0.6 is 11.6 Å². The van der Waals surface area contributed by atoms with Gasteiger partial charge in [0.05, 0.1) is 0 Å². The van der Waals surface area contributed by atoms with E-state index in [9.17, 15) is 9.18 Å². The fourth-order valence-corrected chi connectivity index (χ4v) is 4.24. The van der Waals surface area contributed by atoms with Crippen molar-refractivity contribution in [3.05, 3.63) is 41.4 Å². The van der Waals surface area contributed by atoms with Crippen LogP contribution in [0.4, 0.5) is 15.1 Å². The van der Waals surface area contributed by atoms with Crippen LogP contribution in [0.5, 0.6) is 0 Å². The van der Waals surface area contributed by atoms with E-state index in [0.717, 1.165) is 12.8 Å². The predicted octanol–water partition coefficient (Wildman–Crippen LogP) is 3.74. The predicted molar refractivity (Wildman–Crippen MR) is 95.7 cm³/mol. The van der Waals surface area contributed by atoms with Crippen molar-refractivity contribution in [2.45, 2.75) is 18.9 Å². The van der Waals surface area contributed by atoms with E-state index in [1.54, 1.807) is 12.4 Å². The lowest BCUT2D eigenvalue weighted by Gasteiger charge is -2.17. The molecule has 1 saturated carbocycles. The third-order valence-corrected chi connectivity index (χ3v) is 5.58. The zero-order chi connectivity index (χ0) is 18.3. The molecule has 1 saturated heterocycles. The normalized spacial score (nSPS) is 24.5. The molecule has 3 atom stereocenters. The standard InChI is InChI=1S/C18H18ClFN4O2/c19-16-2-1-13(20)5-15(16)12-6-21-17(22-7-12)23-14-3-10-8-24(18(25)26)9-11(10)4-14/h1-2,5-7,10-11,14H,3-4,8-9H2,(H,25,26)(H,21,22,23)/t10-,11+,14+. The summed E-state index contributed by atoms with van der Waals surface area (Å²) in [6.07, 6.45) is 4.24. The number of hydrogen-bond donors (Lipinski definition) is 2. The Bertz CT molecular complexity index is 818. The topological polar surface area (TPSA) is 78.4 Å². The number of carboxylic acid groups (broad SMARTS) is 1. The van der Waals surface area contributed by atoms with Gasteiger partial charge in [-0.3, -0.25) is 0 Å². The first-order valence-corrected chi connectivity index (χ1v) is 8.89. The molecule has 8 heteroatoms. The molecule has 0 unspecified atom stereocenters. The van der Waals surface area contributed by atoms with Crippen molar-refractivity contribution in [3.8, 4) is 11.1 Å². The molecule has 1 aromatic heterocycles. The third-order valence-electron chi connectivity index (χ3n) is 5.25. The van der Waals surface area contributed by atoms with Gasteiger partial charge in [-0.25, -0.2) is 19.2 Å². The summed E-state index contributed by atoms with van der Waals surface area (Å²) < 4.78 is 13.4. The lowest BCUT2D eigenvalue weighted by atomic mass is 10.0. The molecule has 1 aliphatic carbocycles. The number of rotatable bonds is 3. The molecular weight excluding hydrogens is 359 g/mol. The minimum atomic E-state index is -0.834. The van der Waals surface area contributed by atoms with Gasteiger partial charge in [-0.15, -0.1) is 0 Å². The SMILES string of the molecule is O=C(O)N1C[C@H]2C[C@H](Nc3ncc(-c4cc(F)ccc4Cl)cn3)C[C@H]2C1. The highest BCUT2D eigenvalue weighted by Crippen LogP contribution is 2.39. The van der Waals surface area contributed by atoms with Gasteiger partial charge in [0, 0.05) is 47.7 Å². The molecule has 0 bridgehead atoms. The Balaban J connectivity index is 1.40. The van der Waals surface area contributed by atoms with Crippen LogP contribution in [0, 0.1) is 17.7 Å². The van der Waals surface area contributed by atoms with Crippen molar-refractivity contribution in [2.75, 3.05) is 18.4 Å². The summed E-state index contributed by atoms with van der Waals surface area (Å²) in [4.78, 5) is 21.2. The first-order chi connectivity index (χ1) is 12.5. The minimum absolute atomic E-state index is 0.240. The first-order valence-electron chi connectivity index (χ1n) is 8.51. The van der Waals surface area contributed by atoms with Crippen molar-refractivity contribution < 1.29 is 14.3 Å². The minimum Gasteiger partial charge on any atom is -0.465 e. The quantitative estimate of drug-likeness (QED) is 0.853. The molecule has 26 heavy (non-hydrogen) atoms. The smallest absolute Gasteiger partial charge is 0.407 e. The molecule has 2 aromatic rings. The van der Waals surface area contributed by atoms with Gasteiger partial charge in [-0.05, 0) is 42.9 Å². The molecule has 2 aliphatic rings. The van der Waals surface area contributed by atoms with Crippen molar-refractivity contribution in [3.63, 3.8) is 0 Å². The molecule has 6 nitrogen and oxygen atoms in total. The van der Waals surface area contributed by atoms with Crippen LogP contribution in [0.3, 0.4) is 0 Å². The van der Waals surface area contributed by atoms with Crippen molar-refractivity contribution in [2.24, 2.45) is 11.8 Å². The van der Waals surface area contributed by atoms with E-state index in [4.69, 9.17) is 16.7 Å². The fraction of sp³-hybridized carbons (Fsp3) is 0.389. The van der Waals surface area contributed by atoms with Gasteiger partial charge in [-0.1, -0.05) is 11.6 Å². The van der Waals surface area contributed by atoms with Crippen molar-refractivity contribution in [1.29, 1.82) is 0 Å². The number of carbonyl (C=O) groups is 1. The highest BCUT2D eigenvalue weighted by molar-refractivity contribution is 6.33. The first kappa shape index (κ1) is 17.0. The molecule has 4 rings (SSSR count). The van der Waals surface area contributed by atoms with Crippen LogP contribution in [0.1, 0.15) is 12.8 Å². The molecule has 1 aromatic carbocycles. The number of hydrogen-bond acceptors (Lipinski definition) is 4. The number of fused-ring (bicyclic) bond motifs is 1. The van der Waals surface area contributed by atoms with E-state index in [0.29, 0.717) is 47.0 Å². The van der Waals surface area contributed by atoms with Crippen LogP contribution in [0.25, 0.3) is 11.1 Å². The molecule has 136 valence electrons. The molecule has 1 aliphatic heterocycles. The second-order valence-corrected chi connectivity index (χ2v) is 7.35. The Labute approximate surface area is 155 Å². The monoisotopic (exact) mass is 376 g/mol. The number of benzene rings is 1. The molecular formula is C18H18ClFN4O2. The average Bonchev–Trinajstić information content (AvgIpc) is 3.16. The number of nitrogens with one attached hydrogen (secondary N) is 1. The van der Waals surface area contributed by atoms with Crippen LogP contribution in [0.15, 0.2) is 30.6 Å². The second-order valence-electron chi connectivity index (χ2n) is 6.94. The molecule has 2 N–H and O–H groups in total. The summed E-state index contributed by atoms with van der Waals surface area (Å²) in [6.45, 7) is 1.21. The summed E-state index contributed by atoms with van der Waals surface area (Å²) in [5.41, 5.74) is 1.21. The maximum Gasteiger partial charge on any atom is 0.407 e. The van der Waals surface area contributed by atoms with Crippen molar-refractivity contribution >= 4 is 23.6 Å². The Hall–Kier alpha value is -2.41. The fourth-order valence-electron chi connectivity index (χ4n) is 4.02. The zero-order valence-electron chi connectivity index (χ0n) is 13.9. The lowest BCUT2D eigenvalue weighted by Crippen LogP contribution is -2.29. The van der Waals surface area contributed by atoms with E-state index in [1.165, 1.54) is 23.1 Å². The number of amides is 1. The van der Waals surface area contributed by atoms with E-state index >= 15 is 0 Å². The number of nitrogens with zero attached hydrogens (tertiary/aromatic N) is 3. The number of aromatic nitrogens is 2. The van der Waals surface area contributed by atoms with Gasteiger partial charge in [-0.2, -0.15) is 0 Å². The largest absolute Gasteiger partial charge is 0.465 e. The summed E-state index contributed by atoms with van der Waals surface area (Å²) in [7, 11) is 0. The van der Waals surface area contributed by atoms with Crippen LogP contribution < -0.4 is 5.32 Å². The zero-order valence-corrected chi connectivity index (χ0v) is 14.7. The Morgan fingerprint density at radius 3 is 2.50 bits per heavy atom. The molecule has 0 radical (unpaired) electrons. The average molecular weight is 377 g/mol. The lowest BCUT2D eigenvalue weighted by molar-refractivity contribution is 0.152. The summed E-state index contributed by atoms with van der Waals surface area (Å²) in [5.74, 6) is 0.948. The summed E-state index contributed by atoms with van der Waals surface area (Å²) in [6, 6.07) is 4.42. The number of halogens is 2. The van der Waals surface area contributed by atoms with Gasteiger partial charge < -0.3 is 15.3 Å². The molecule has 1 amide bonds. The van der Waals surface area contributed by atoms with Crippen LogP contribution in [-0.4, -0.2) is 45.2 Å². The Morgan fingerprint density at radius 1 is 1.23 bits per heavy atom. The number of anilines is 1. The van der Waals surface area contributed by atoms with Crippen LogP contribution in [-0.2, 0) is 0 Å². The maximum atomic E-state index is 13.4. The van der Waals surface area contributed by atoms with Gasteiger partial charge in [0.1, 0.15) is 5.82 Å². The second kappa shape index (κ2) is 6.72. The van der Waals surface area contributed by atoms with E-state index in [2.05, 4.69) is 15.3 Å². The Morgan fingerprint density at radius 2 is 1.88 bits per heavy atom. The van der Waals surface area contributed by atoms with Gasteiger partial charge >= 0.3 is 6.09 Å². The summed E-state index contributed by atoms with van der Waals surface area (Å²) >= 11 is 6.11. The van der Waals surface area contributed by atoms with Crippen molar-refractivity contribution in [1.82, 2.24) is 14.9 Å². The summed E-state index contributed by atoms with van der Waals surface area (Å²) in [5, 5.41) is 12.9. The molecule has 0 spiro atoms. The van der Waals surface area contributed by atoms with Gasteiger partial charge in [0.15, 0.2) is 0 Å². The molecule has 2 heterocycles. The van der Waals surface area contributed by atoms with Gasteiger partial charge in [0.25, 0.3) is 0 Å². The van der Waals surface area contributed by atoms with E-state index < -0.39 is 6.09 Å². The molecule has 2 fully saturated rings. The third kappa shape index (κ3) is 3.31. The van der Waals surface area contributed by atoms with Gasteiger partial charge in [0.2, 0.25) is 5.95 Å². The number of likely N-dealkylation sites (tertiary alicyclic amines) is 1. The Kier molecular flexibility index (Phi) is 4.40. The van der Waals surface area contributed by atoms with E-state index in [1.807, 2.05) is 0 Å². The highest BCUT2D eigenvalue weighted by atomic mass is 35.5. The maximum absolute atomic E-state index is 13.4. The highest BCUT2D eigenvalue weighted by Gasteiger charge is 2.42. The van der Waals surface area contributed by atoms with Crippen LogP contribution in [0.2, 0.25) is 5.02 Å².